The number of aryl methyl sites for hydroxylation is 1. The first kappa shape index (κ1) is 19.6. The second-order valence-electron chi connectivity index (χ2n) is 5.71. The number of amides is 1. The van der Waals surface area contributed by atoms with Crippen LogP contribution in [0.1, 0.15) is 11.7 Å². The maximum absolute atomic E-state index is 10.8. The molecule has 148 valence electrons. The van der Waals surface area contributed by atoms with Gasteiger partial charge in [0.05, 0.1) is 11.5 Å². The van der Waals surface area contributed by atoms with Gasteiger partial charge in [-0.3, -0.25) is 4.79 Å². The number of thioether (sulfide) groups is 2. The number of carbonyl (C=O) groups is 1. The van der Waals surface area contributed by atoms with Crippen molar-refractivity contribution in [2.75, 3.05) is 5.75 Å². The maximum atomic E-state index is 10.8. The first-order valence-corrected chi connectivity index (χ1v) is 11.1. The zero-order valence-electron chi connectivity index (χ0n) is 15.1. The molecule has 0 saturated carbocycles. The summed E-state index contributed by atoms with van der Waals surface area (Å²) < 4.78 is 12.6. The van der Waals surface area contributed by atoms with Crippen molar-refractivity contribution in [3.8, 4) is 22.7 Å². The molecule has 0 bridgehead atoms. The Kier molecular flexibility index (Phi) is 5.92. The lowest BCUT2D eigenvalue weighted by Gasteiger charge is -1.98. The van der Waals surface area contributed by atoms with Crippen LogP contribution in [0.15, 0.2) is 48.0 Å². The Morgan fingerprint density at radius 3 is 2.62 bits per heavy atom. The van der Waals surface area contributed by atoms with E-state index in [-0.39, 0.29) is 5.75 Å². The van der Waals surface area contributed by atoms with Crippen molar-refractivity contribution in [2.24, 2.45) is 5.73 Å². The summed E-state index contributed by atoms with van der Waals surface area (Å²) in [6.07, 6.45) is 0. The van der Waals surface area contributed by atoms with Crippen molar-refractivity contribution in [1.82, 2.24) is 25.6 Å². The number of hydrogen-bond donors (Lipinski definition) is 1. The summed E-state index contributed by atoms with van der Waals surface area (Å²) in [6, 6.07) is 9.67. The molecule has 0 aliphatic heterocycles. The Hall–Kier alpha value is -2.70. The van der Waals surface area contributed by atoms with Gasteiger partial charge in [0.25, 0.3) is 5.89 Å². The lowest BCUT2D eigenvalue weighted by molar-refractivity contribution is -0.115. The fraction of sp³-hybridized carbons (Fsp3) is 0.176. The van der Waals surface area contributed by atoms with Crippen LogP contribution in [0.4, 0.5) is 0 Å². The number of hydrogen-bond acceptors (Lipinski definition) is 11. The van der Waals surface area contributed by atoms with Crippen LogP contribution in [-0.4, -0.2) is 37.2 Å². The van der Waals surface area contributed by atoms with Crippen LogP contribution < -0.4 is 5.73 Å². The van der Waals surface area contributed by atoms with E-state index in [1.807, 2.05) is 30.3 Å². The molecule has 0 radical (unpaired) electrons. The van der Waals surface area contributed by atoms with Crippen LogP contribution in [0.2, 0.25) is 0 Å². The fourth-order valence-corrected chi connectivity index (χ4v) is 5.00. The molecule has 29 heavy (non-hydrogen) atoms. The van der Waals surface area contributed by atoms with E-state index in [1.54, 1.807) is 6.92 Å². The quantitative estimate of drug-likeness (QED) is 0.401. The van der Waals surface area contributed by atoms with Gasteiger partial charge in [0.15, 0.2) is 8.68 Å². The number of carbonyl (C=O) groups excluding carboxylic acids is 1. The monoisotopic (exact) mass is 446 g/mol. The van der Waals surface area contributed by atoms with Gasteiger partial charge >= 0.3 is 0 Å². The van der Waals surface area contributed by atoms with Crippen LogP contribution in [0, 0.1) is 6.92 Å². The van der Waals surface area contributed by atoms with Crippen molar-refractivity contribution in [3.63, 3.8) is 0 Å². The van der Waals surface area contributed by atoms with Crippen molar-refractivity contribution >= 4 is 40.8 Å². The third kappa shape index (κ3) is 4.66. The second kappa shape index (κ2) is 8.76. The molecule has 0 unspecified atom stereocenters. The van der Waals surface area contributed by atoms with Gasteiger partial charge in [0.2, 0.25) is 11.8 Å². The number of primary amides is 1. The summed E-state index contributed by atoms with van der Waals surface area (Å²) in [7, 11) is 0. The molecule has 3 aromatic heterocycles. The van der Waals surface area contributed by atoms with E-state index >= 15 is 0 Å². The van der Waals surface area contributed by atoms with Gasteiger partial charge in [-0.05, 0) is 6.92 Å². The summed E-state index contributed by atoms with van der Waals surface area (Å²) in [4.78, 5) is 10.8. The molecule has 4 rings (SSSR count). The average Bonchev–Trinajstić information content (AvgIpc) is 3.45. The molecule has 0 atom stereocenters. The summed E-state index contributed by atoms with van der Waals surface area (Å²) >= 11 is 4.07. The van der Waals surface area contributed by atoms with Gasteiger partial charge in [0, 0.05) is 5.56 Å². The average molecular weight is 447 g/mol. The van der Waals surface area contributed by atoms with Gasteiger partial charge in [-0.15, -0.1) is 20.4 Å². The Morgan fingerprint density at radius 2 is 1.86 bits per heavy atom. The summed E-state index contributed by atoms with van der Waals surface area (Å²) in [5.74, 6) is 1.63. The molecule has 2 N–H and O–H groups in total. The highest BCUT2D eigenvalue weighted by molar-refractivity contribution is 8.03. The minimum absolute atomic E-state index is 0.175. The molecule has 4 aromatic rings. The lowest BCUT2D eigenvalue weighted by atomic mass is 10.1. The van der Waals surface area contributed by atoms with E-state index in [0.717, 1.165) is 9.90 Å². The molecule has 9 nitrogen and oxygen atoms in total. The fourth-order valence-electron chi connectivity index (χ4n) is 2.40. The van der Waals surface area contributed by atoms with Gasteiger partial charge < -0.3 is 14.7 Å². The SMILES string of the molecule is Cc1onc(-c2ccccc2)c1-c1nnc(CSc2nnc(SCC(N)=O)s2)o1. The third-order valence-corrected chi connectivity index (χ3v) is 6.83. The van der Waals surface area contributed by atoms with Crippen molar-refractivity contribution < 1.29 is 13.7 Å². The normalized spacial score (nSPS) is 11.1. The van der Waals surface area contributed by atoms with E-state index in [1.165, 1.54) is 34.9 Å². The van der Waals surface area contributed by atoms with Crippen LogP contribution >= 0.6 is 34.9 Å². The van der Waals surface area contributed by atoms with Crippen molar-refractivity contribution in [3.05, 3.63) is 42.0 Å². The summed E-state index contributed by atoms with van der Waals surface area (Å²) in [5.41, 5.74) is 7.38. The topological polar surface area (TPSA) is 134 Å². The Bertz CT molecular complexity index is 1120. The number of benzene rings is 1. The smallest absolute Gasteiger partial charge is 0.253 e. The number of nitrogens with two attached hydrogens (primary N) is 1. The van der Waals surface area contributed by atoms with Crippen molar-refractivity contribution in [1.29, 1.82) is 0 Å². The van der Waals surface area contributed by atoms with E-state index in [4.69, 9.17) is 14.7 Å². The summed E-state index contributed by atoms with van der Waals surface area (Å²) in [6.45, 7) is 1.81. The molecular formula is C17H14N6O3S3. The highest BCUT2D eigenvalue weighted by atomic mass is 32.2. The van der Waals surface area contributed by atoms with Crippen LogP contribution in [0.5, 0.6) is 0 Å². The van der Waals surface area contributed by atoms with Gasteiger partial charge in [-0.2, -0.15) is 0 Å². The van der Waals surface area contributed by atoms with Gasteiger partial charge in [-0.1, -0.05) is 70.3 Å². The van der Waals surface area contributed by atoms with Crippen LogP contribution in [0.25, 0.3) is 22.7 Å². The first-order valence-electron chi connectivity index (χ1n) is 8.32. The first-order chi connectivity index (χ1) is 14.1. The van der Waals surface area contributed by atoms with Gasteiger partial charge in [0.1, 0.15) is 17.0 Å². The van der Waals surface area contributed by atoms with Gasteiger partial charge in [-0.25, -0.2) is 0 Å². The maximum Gasteiger partial charge on any atom is 0.253 e. The predicted octanol–water partition coefficient (Wildman–Crippen LogP) is 3.42. The minimum Gasteiger partial charge on any atom is -0.420 e. The zero-order valence-corrected chi connectivity index (χ0v) is 17.5. The predicted molar refractivity (Wildman–Crippen MR) is 109 cm³/mol. The molecular weight excluding hydrogens is 432 g/mol. The number of nitrogens with zero attached hydrogens (tertiary/aromatic N) is 5. The number of rotatable bonds is 8. The Balaban J connectivity index is 1.46. The Morgan fingerprint density at radius 1 is 1.10 bits per heavy atom. The largest absolute Gasteiger partial charge is 0.420 e. The standard InChI is InChI=1S/C17H14N6O3S3/c1-9-13(14(23-26-9)10-5-3-2-4-6-10)15-20-19-12(25-15)8-28-17-22-21-16(29-17)27-7-11(18)24/h2-6H,7-8H2,1H3,(H2,18,24). The molecule has 0 fully saturated rings. The van der Waals surface area contributed by atoms with Crippen LogP contribution in [-0.2, 0) is 10.5 Å². The highest BCUT2D eigenvalue weighted by Gasteiger charge is 2.22. The molecule has 3 heterocycles. The minimum atomic E-state index is -0.392. The number of aromatic nitrogens is 5. The Labute approximate surface area is 177 Å². The molecule has 0 aliphatic rings. The molecule has 1 aromatic carbocycles. The lowest BCUT2D eigenvalue weighted by Crippen LogP contribution is -2.12. The van der Waals surface area contributed by atoms with Crippen molar-refractivity contribution in [2.45, 2.75) is 21.4 Å². The molecule has 12 heteroatoms. The molecule has 0 aliphatic carbocycles. The van der Waals surface area contributed by atoms with E-state index in [0.29, 0.717) is 38.9 Å². The molecule has 0 saturated heterocycles. The molecule has 1 amide bonds. The van der Waals surface area contributed by atoms with Crippen LogP contribution in [0.3, 0.4) is 0 Å². The van der Waals surface area contributed by atoms with E-state index < -0.39 is 5.91 Å². The van der Waals surface area contributed by atoms with E-state index in [9.17, 15) is 4.79 Å². The zero-order chi connectivity index (χ0) is 20.2. The highest BCUT2D eigenvalue weighted by Crippen LogP contribution is 2.35. The third-order valence-electron chi connectivity index (χ3n) is 3.64. The second-order valence-corrected chi connectivity index (χ2v) is 9.13. The molecule has 0 spiro atoms. The van der Waals surface area contributed by atoms with E-state index in [2.05, 4.69) is 25.6 Å². The summed E-state index contributed by atoms with van der Waals surface area (Å²) in [5, 5.41) is 20.5.